The minimum atomic E-state index is -0.354. The highest BCUT2D eigenvalue weighted by Gasteiger charge is 2.24. The fourth-order valence-electron chi connectivity index (χ4n) is 1.81. The molecular weight excluding hydrogens is 190 g/mol. The summed E-state index contributed by atoms with van der Waals surface area (Å²) in [6, 6.07) is 0. The SMILES string of the molecule is CC(C)(C)OC(=O)C1CCCCNCC1. The van der Waals surface area contributed by atoms with Gasteiger partial charge >= 0.3 is 5.97 Å². The molecule has 1 N–H and O–H groups in total. The molecule has 0 spiro atoms. The third kappa shape index (κ3) is 5.17. The fraction of sp³-hybridized carbons (Fsp3) is 0.917. The van der Waals surface area contributed by atoms with Gasteiger partial charge in [-0.1, -0.05) is 6.42 Å². The molecule has 1 atom stereocenters. The van der Waals surface area contributed by atoms with Gasteiger partial charge in [0.15, 0.2) is 0 Å². The normalized spacial score (nSPS) is 24.1. The van der Waals surface area contributed by atoms with Crippen LogP contribution in [0.4, 0.5) is 0 Å². The van der Waals surface area contributed by atoms with Gasteiger partial charge in [0.1, 0.15) is 5.60 Å². The van der Waals surface area contributed by atoms with E-state index >= 15 is 0 Å². The molecule has 0 aromatic heterocycles. The lowest BCUT2D eigenvalue weighted by Crippen LogP contribution is -2.32. The highest BCUT2D eigenvalue weighted by atomic mass is 16.6. The Labute approximate surface area is 92.6 Å². The highest BCUT2D eigenvalue weighted by molar-refractivity contribution is 5.72. The number of ether oxygens (including phenoxy) is 1. The van der Waals surface area contributed by atoms with Gasteiger partial charge in [-0.05, 0) is 53.1 Å². The number of rotatable bonds is 1. The van der Waals surface area contributed by atoms with Crippen molar-refractivity contribution in [2.75, 3.05) is 13.1 Å². The molecule has 0 radical (unpaired) electrons. The Morgan fingerprint density at radius 1 is 1.20 bits per heavy atom. The average Bonchev–Trinajstić information content (AvgIpc) is 1.98. The first-order valence-electron chi connectivity index (χ1n) is 5.92. The predicted molar refractivity (Wildman–Crippen MR) is 60.7 cm³/mol. The van der Waals surface area contributed by atoms with E-state index in [-0.39, 0.29) is 17.5 Å². The van der Waals surface area contributed by atoms with Crippen LogP contribution in [-0.4, -0.2) is 24.7 Å². The summed E-state index contributed by atoms with van der Waals surface area (Å²) in [5.74, 6) is 0.0724. The average molecular weight is 213 g/mol. The molecule has 3 heteroatoms. The summed E-state index contributed by atoms with van der Waals surface area (Å²) in [5.41, 5.74) is -0.354. The summed E-state index contributed by atoms with van der Waals surface area (Å²) in [7, 11) is 0. The summed E-state index contributed by atoms with van der Waals surface area (Å²) in [6.07, 6.45) is 4.18. The van der Waals surface area contributed by atoms with Crippen LogP contribution in [0.1, 0.15) is 46.5 Å². The van der Waals surface area contributed by atoms with E-state index in [2.05, 4.69) is 5.32 Å². The molecule has 1 unspecified atom stereocenters. The molecule has 0 aromatic rings. The van der Waals surface area contributed by atoms with Crippen LogP contribution in [0.3, 0.4) is 0 Å². The number of nitrogens with one attached hydrogen (secondary N) is 1. The number of hydrogen-bond acceptors (Lipinski definition) is 3. The zero-order valence-electron chi connectivity index (χ0n) is 10.1. The monoisotopic (exact) mass is 213 g/mol. The van der Waals surface area contributed by atoms with Gasteiger partial charge in [0, 0.05) is 0 Å². The quantitative estimate of drug-likeness (QED) is 0.678. The van der Waals surface area contributed by atoms with Crippen molar-refractivity contribution in [1.82, 2.24) is 5.32 Å². The van der Waals surface area contributed by atoms with E-state index in [1.807, 2.05) is 20.8 Å². The van der Waals surface area contributed by atoms with Crippen LogP contribution >= 0.6 is 0 Å². The third-order valence-electron chi connectivity index (χ3n) is 2.57. The molecule has 1 fully saturated rings. The number of esters is 1. The summed E-state index contributed by atoms with van der Waals surface area (Å²) in [6.45, 7) is 7.79. The van der Waals surface area contributed by atoms with Crippen molar-refractivity contribution in [2.24, 2.45) is 5.92 Å². The molecule has 88 valence electrons. The van der Waals surface area contributed by atoms with Crippen LogP contribution in [0.5, 0.6) is 0 Å². The zero-order chi connectivity index (χ0) is 11.3. The van der Waals surface area contributed by atoms with Gasteiger partial charge in [0.05, 0.1) is 5.92 Å². The molecule has 15 heavy (non-hydrogen) atoms. The van der Waals surface area contributed by atoms with Gasteiger partial charge in [-0.3, -0.25) is 4.79 Å². The molecule has 1 aliphatic rings. The first-order chi connectivity index (χ1) is 6.99. The smallest absolute Gasteiger partial charge is 0.309 e. The van der Waals surface area contributed by atoms with Crippen LogP contribution in [0.15, 0.2) is 0 Å². The van der Waals surface area contributed by atoms with Crippen molar-refractivity contribution < 1.29 is 9.53 Å². The maximum Gasteiger partial charge on any atom is 0.309 e. The molecule has 1 rings (SSSR count). The topological polar surface area (TPSA) is 38.3 Å². The van der Waals surface area contributed by atoms with Gasteiger partial charge in [-0.15, -0.1) is 0 Å². The Morgan fingerprint density at radius 3 is 2.60 bits per heavy atom. The summed E-state index contributed by atoms with van der Waals surface area (Å²) in [4.78, 5) is 11.8. The molecular formula is C12H23NO2. The molecule has 0 amide bonds. The lowest BCUT2D eigenvalue weighted by atomic mass is 9.96. The van der Waals surface area contributed by atoms with Gasteiger partial charge < -0.3 is 10.1 Å². The number of carbonyl (C=O) groups is 1. The second-order valence-electron chi connectivity index (χ2n) is 5.26. The van der Waals surface area contributed by atoms with Crippen molar-refractivity contribution in [1.29, 1.82) is 0 Å². The Morgan fingerprint density at radius 2 is 1.93 bits per heavy atom. The van der Waals surface area contributed by atoms with Crippen molar-refractivity contribution in [3.05, 3.63) is 0 Å². The van der Waals surface area contributed by atoms with Crippen molar-refractivity contribution in [3.8, 4) is 0 Å². The van der Waals surface area contributed by atoms with Gasteiger partial charge in [-0.25, -0.2) is 0 Å². The summed E-state index contributed by atoms with van der Waals surface area (Å²) < 4.78 is 5.41. The Bertz CT molecular complexity index is 200. The second-order valence-corrected chi connectivity index (χ2v) is 5.26. The largest absolute Gasteiger partial charge is 0.460 e. The van der Waals surface area contributed by atoms with E-state index in [1.165, 1.54) is 6.42 Å². The fourth-order valence-corrected chi connectivity index (χ4v) is 1.81. The molecule has 3 nitrogen and oxygen atoms in total. The maximum absolute atomic E-state index is 11.8. The second kappa shape index (κ2) is 5.50. The minimum Gasteiger partial charge on any atom is -0.460 e. The maximum atomic E-state index is 11.8. The predicted octanol–water partition coefficient (Wildman–Crippen LogP) is 2.11. The first-order valence-corrected chi connectivity index (χ1v) is 5.92. The highest BCUT2D eigenvalue weighted by Crippen LogP contribution is 2.19. The van der Waals surface area contributed by atoms with E-state index in [9.17, 15) is 4.79 Å². The standard InChI is InChI=1S/C12H23NO2/c1-12(2,3)15-11(14)10-6-4-5-8-13-9-7-10/h10,13H,4-9H2,1-3H3. The Hall–Kier alpha value is -0.570. The minimum absolute atomic E-state index is 0.0220. The van der Waals surface area contributed by atoms with Crippen LogP contribution in [-0.2, 0) is 9.53 Å². The summed E-state index contributed by atoms with van der Waals surface area (Å²) >= 11 is 0. The van der Waals surface area contributed by atoms with Crippen molar-refractivity contribution in [3.63, 3.8) is 0 Å². The first kappa shape index (κ1) is 12.5. The molecule has 0 aromatic carbocycles. The van der Waals surface area contributed by atoms with E-state index in [0.29, 0.717) is 0 Å². The van der Waals surface area contributed by atoms with Crippen LogP contribution in [0.25, 0.3) is 0 Å². The Balaban J connectivity index is 2.42. The van der Waals surface area contributed by atoms with Crippen LogP contribution in [0.2, 0.25) is 0 Å². The Kier molecular flexibility index (Phi) is 4.58. The molecule has 1 saturated heterocycles. The van der Waals surface area contributed by atoms with E-state index in [4.69, 9.17) is 4.74 Å². The van der Waals surface area contributed by atoms with E-state index in [1.54, 1.807) is 0 Å². The van der Waals surface area contributed by atoms with E-state index in [0.717, 1.165) is 32.4 Å². The lowest BCUT2D eigenvalue weighted by Gasteiger charge is -2.25. The van der Waals surface area contributed by atoms with Gasteiger partial charge in [0.2, 0.25) is 0 Å². The van der Waals surface area contributed by atoms with Crippen molar-refractivity contribution in [2.45, 2.75) is 52.1 Å². The molecule has 0 bridgehead atoms. The van der Waals surface area contributed by atoms with Crippen LogP contribution < -0.4 is 5.32 Å². The molecule has 0 aliphatic carbocycles. The third-order valence-corrected chi connectivity index (χ3v) is 2.57. The summed E-state index contributed by atoms with van der Waals surface area (Å²) in [5, 5.41) is 3.33. The molecule has 0 saturated carbocycles. The van der Waals surface area contributed by atoms with E-state index < -0.39 is 0 Å². The lowest BCUT2D eigenvalue weighted by molar-refractivity contribution is -0.160. The number of hydrogen-bond donors (Lipinski definition) is 1. The van der Waals surface area contributed by atoms with Crippen LogP contribution in [0, 0.1) is 5.92 Å². The van der Waals surface area contributed by atoms with Crippen molar-refractivity contribution >= 4 is 5.97 Å². The number of carbonyl (C=O) groups excluding carboxylic acids is 1. The van der Waals surface area contributed by atoms with Gasteiger partial charge in [0.25, 0.3) is 0 Å². The molecule has 1 heterocycles. The van der Waals surface area contributed by atoms with Gasteiger partial charge in [-0.2, -0.15) is 0 Å². The zero-order valence-corrected chi connectivity index (χ0v) is 10.1. The molecule has 1 aliphatic heterocycles.